The van der Waals surface area contributed by atoms with Gasteiger partial charge < -0.3 is 10.1 Å². The van der Waals surface area contributed by atoms with Crippen LogP contribution in [-0.2, 0) is 4.74 Å². The minimum absolute atomic E-state index is 0.179. The van der Waals surface area contributed by atoms with Crippen molar-refractivity contribution in [2.24, 2.45) is 0 Å². The van der Waals surface area contributed by atoms with Crippen LogP contribution in [0.1, 0.15) is 60.0 Å². The Kier molecular flexibility index (Phi) is 5.73. The van der Waals surface area contributed by atoms with E-state index in [1.807, 2.05) is 44.2 Å². The minimum Gasteiger partial charge on any atom is -0.459 e. The molecule has 3 aromatic rings. The first kappa shape index (κ1) is 19.5. The van der Waals surface area contributed by atoms with Crippen molar-refractivity contribution in [3.05, 3.63) is 71.4 Å². The van der Waals surface area contributed by atoms with Crippen molar-refractivity contribution in [1.29, 1.82) is 0 Å². The van der Waals surface area contributed by atoms with E-state index in [1.54, 1.807) is 38.1 Å². The fourth-order valence-electron chi connectivity index (χ4n) is 2.85. The molecular formula is C23H24N2O3. The SMILES string of the molecule is CC(C)OC(=O)c1ccc(NC(=O)c2cc(C(C)C)nc3ccccc23)cc1. The van der Waals surface area contributed by atoms with Gasteiger partial charge in [0.05, 0.1) is 22.7 Å². The molecule has 0 bridgehead atoms. The normalized spacial score (nSPS) is 11.1. The minimum atomic E-state index is -0.380. The van der Waals surface area contributed by atoms with E-state index in [1.165, 1.54) is 0 Å². The number of esters is 1. The third-order valence-electron chi connectivity index (χ3n) is 4.29. The summed E-state index contributed by atoms with van der Waals surface area (Å²) < 4.78 is 5.18. The highest BCUT2D eigenvalue weighted by molar-refractivity contribution is 6.12. The first-order valence-electron chi connectivity index (χ1n) is 9.37. The van der Waals surface area contributed by atoms with Crippen LogP contribution < -0.4 is 5.32 Å². The Hall–Kier alpha value is -3.21. The lowest BCUT2D eigenvalue weighted by Crippen LogP contribution is -2.14. The number of nitrogens with one attached hydrogen (secondary N) is 1. The lowest BCUT2D eigenvalue weighted by molar-refractivity contribution is 0.0378. The quantitative estimate of drug-likeness (QED) is 0.623. The van der Waals surface area contributed by atoms with Crippen LogP contribution in [0.2, 0.25) is 0 Å². The number of ether oxygens (including phenoxy) is 1. The highest BCUT2D eigenvalue weighted by Gasteiger charge is 2.15. The number of anilines is 1. The molecule has 1 aromatic heterocycles. The van der Waals surface area contributed by atoms with Gasteiger partial charge in [0.15, 0.2) is 0 Å². The molecule has 1 N–H and O–H groups in total. The lowest BCUT2D eigenvalue weighted by atomic mass is 10.0. The number of para-hydroxylation sites is 1. The Bertz CT molecular complexity index is 1010. The average molecular weight is 376 g/mol. The van der Waals surface area contributed by atoms with E-state index in [-0.39, 0.29) is 23.9 Å². The van der Waals surface area contributed by atoms with Crippen LogP contribution in [0.3, 0.4) is 0 Å². The maximum atomic E-state index is 12.9. The zero-order chi connectivity index (χ0) is 20.3. The Morgan fingerprint density at radius 3 is 2.29 bits per heavy atom. The second-order valence-corrected chi connectivity index (χ2v) is 7.25. The average Bonchev–Trinajstić information content (AvgIpc) is 2.67. The number of aromatic nitrogens is 1. The third kappa shape index (κ3) is 4.36. The molecule has 0 saturated carbocycles. The molecule has 0 aliphatic carbocycles. The summed E-state index contributed by atoms with van der Waals surface area (Å²) in [6.45, 7) is 7.70. The third-order valence-corrected chi connectivity index (χ3v) is 4.29. The van der Waals surface area contributed by atoms with Crippen molar-refractivity contribution in [2.75, 3.05) is 5.32 Å². The van der Waals surface area contributed by atoms with Crippen LogP contribution in [0.25, 0.3) is 10.9 Å². The molecular weight excluding hydrogens is 352 g/mol. The van der Waals surface area contributed by atoms with E-state index in [0.717, 1.165) is 16.6 Å². The second kappa shape index (κ2) is 8.21. The number of benzene rings is 2. The van der Waals surface area contributed by atoms with Crippen LogP contribution in [-0.4, -0.2) is 23.0 Å². The number of amides is 1. The van der Waals surface area contributed by atoms with E-state index >= 15 is 0 Å². The molecule has 5 nitrogen and oxygen atoms in total. The summed E-state index contributed by atoms with van der Waals surface area (Å²) in [5.74, 6) is -0.380. The van der Waals surface area contributed by atoms with Crippen molar-refractivity contribution < 1.29 is 14.3 Å². The molecule has 0 saturated heterocycles. The molecule has 3 rings (SSSR count). The van der Waals surface area contributed by atoms with Gasteiger partial charge >= 0.3 is 5.97 Å². The highest BCUT2D eigenvalue weighted by atomic mass is 16.5. The fraction of sp³-hybridized carbons (Fsp3) is 0.261. The topological polar surface area (TPSA) is 68.3 Å². The summed E-state index contributed by atoms with van der Waals surface area (Å²) >= 11 is 0. The van der Waals surface area contributed by atoms with Gasteiger partial charge in [0.1, 0.15) is 0 Å². The fourth-order valence-corrected chi connectivity index (χ4v) is 2.85. The first-order valence-corrected chi connectivity index (χ1v) is 9.37. The van der Waals surface area contributed by atoms with Gasteiger partial charge in [-0.2, -0.15) is 0 Å². The Morgan fingerprint density at radius 1 is 0.964 bits per heavy atom. The summed E-state index contributed by atoms with van der Waals surface area (Å²) in [5.41, 5.74) is 3.31. The number of fused-ring (bicyclic) bond motifs is 1. The van der Waals surface area contributed by atoms with Crippen LogP contribution in [0, 0.1) is 0 Å². The molecule has 1 heterocycles. The molecule has 0 spiro atoms. The number of hydrogen-bond acceptors (Lipinski definition) is 4. The zero-order valence-electron chi connectivity index (χ0n) is 16.5. The van der Waals surface area contributed by atoms with Gasteiger partial charge in [-0.3, -0.25) is 9.78 Å². The van der Waals surface area contributed by atoms with Gasteiger partial charge in [-0.1, -0.05) is 32.0 Å². The summed E-state index contributed by atoms with van der Waals surface area (Å²) in [6.07, 6.45) is -0.179. The van der Waals surface area contributed by atoms with Crippen molar-refractivity contribution in [2.45, 2.75) is 39.7 Å². The molecule has 0 aliphatic rings. The van der Waals surface area contributed by atoms with Gasteiger partial charge in [0.25, 0.3) is 5.91 Å². The number of carbonyl (C=O) groups is 2. The van der Waals surface area contributed by atoms with E-state index in [0.29, 0.717) is 16.8 Å². The predicted octanol–water partition coefficient (Wildman–Crippen LogP) is 5.18. The van der Waals surface area contributed by atoms with Crippen LogP contribution in [0.15, 0.2) is 54.6 Å². The number of rotatable bonds is 5. The number of nitrogens with zero attached hydrogens (tertiary/aromatic N) is 1. The van der Waals surface area contributed by atoms with Crippen molar-refractivity contribution >= 4 is 28.5 Å². The largest absolute Gasteiger partial charge is 0.459 e. The molecule has 0 radical (unpaired) electrons. The number of carbonyl (C=O) groups excluding carboxylic acids is 2. The van der Waals surface area contributed by atoms with Crippen molar-refractivity contribution in [1.82, 2.24) is 4.98 Å². The van der Waals surface area contributed by atoms with E-state index in [4.69, 9.17) is 4.74 Å². The van der Waals surface area contributed by atoms with E-state index in [2.05, 4.69) is 10.3 Å². The van der Waals surface area contributed by atoms with Gasteiger partial charge in [-0.25, -0.2) is 4.79 Å². The molecule has 0 fully saturated rings. The standard InChI is InChI=1S/C23H24N2O3/c1-14(2)21-13-19(18-7-5-6-8-20(18)25-21)22(26)24-17-11-9-16(10-12-17)23(27)28-15(3)4/h5-15H,1-4H3,(H,24,26). The van der Waals surface area contributed by atoms with Crippen LogP contribution in [0.5, 0.6) is 0 Å². The lowest BCUT2D eigenvalue weighted by Gasteiger charge is -2.12. The maximum Gasteiger partial charge on any atom is 0.338 e. The summed E-state index contributed by atoms with van der Waals surface area (Å²) in [4.78, 5) is 29.5. The Morgan fingerprint density at radius 2 is 1.64 bits per heavy atom. The smallest absolute Gasteiger partial charge is 0.338 e. The van der Waals surface area contributed by atoms with Gasteiger partial charge in [-0.05, 0) is 56.2 Å². The van der Waals surface area contributed by atoms with E-state index in [9.17, 15) is 9.59 Å². The highest BCUT2D eigenvalue weighted by Crippen LogP contribution is 2.23. The van der Waals surface area contributed by atoms with Gasteiger partial charge in [0.2, 0.25) is 0 Å². The summed E-state index contributed by atoms with van der Waals surface area (Å²) in [5, 5.41) is 3.71. The molecule has 2 aromatic carbocycles. The predicted molar refractivity (Wildman–Crippen MR) is 111 cm³/mol. The number of pyridine rings is 1. The summed E-state index contributed by atoms with van der Waals surface area (Å²) in [6, 6.07) is 16.1. The molecule has 1 amide bonds. The van der Waals surface area contributed by atoms with E-state index < -0.39 is 0 Å². The van der Waals surface area contributed by atoms with Gasteiger partial charge in [-0.15, -0.1) is 0 Å². The van der Waals surface area contributed by atoms with Crippen molar-refractivity contribution in [3.63, 3.8) is 0 Å². The molecule has 28 heavy (non-hydrogen) atoms. The monoisotopic (exact) mass is 376 g/mol. The Labute approximate surface area is 164 Å². The molecule has 0 unspecified atom stereocenters. The molecule has 0 atom stereocenters. The van der Waals surface area contributed by atoms with Gasteiger partial charge in [0, 0.05) is 16.8 Å². The van der Waals surface area contributed by atoms with Crippen LogP contribution >= 0.6 is 0 Å². The Balaban J connectivity index is 1.86. The first-order chi connectivity index (χ1) is 13.3. The summed E-state index contributed by atoms with van der Waals surface area (Å²) in [7, 11) is 0. The van der Waals surface area contributed by atoms with Crippen LogP contribution in [0.4, 0.5) is 5.69 Å². The maximum absolute atomic E-state index is 12.9. The van der Waals surface area contributed by atoms with Crippen molar-refractivity contribution in [3.8, 4) is 0 Å². The number of hydrogen-bond donors (Lipinski definition) is 1. The molecule has 5 heteroatoms. The molecule has 0 aliphatic heterocycles. The zero-order valence-corrected chi connectivity index (χ0v) is 16.5. The molecule has 144 valence electrons. The second-order valence-electron chi connectivity index (χ2n) is 7.25.